The Bertz CT molecular complexity index is 1800. The number of aliphatic hydroxyl groups is 8. The Morgan fingerprint density at radius 3 is 1.25 bits per heavy atom. The van der Waals surface area contributed by atoms with E-state index in [0.717, 1.165) is 64.2 Å². The van der Waals surface area contributed by atoms with Crippen molar-refractivity contribution in [1.29, 1.82) is 0 Å². The third kappa shape index (κ3) is 41.6. The van der Waals surface area contributed by atoms with E-state index < -0.39 is 86.8 Å². The van der Waals surface area contributed by atoms with Gasteiger partial charge in [-0.2, -0.15) is 0 Å². The summed E-state index contributed by atoms with van der Waals surface area (Å²) in [5.41, 5.74) is 0. The highest BCUT2D eigenvalue weighted by Crippen LogP contribution is 2.30. The first-order valence-electron chi connectivity index (χ1n) is 35.8. The maximum Gasteiger partial charge on any atom is 0.220 e. The second kappa shape index (κ2) is 58.0. The monoisotopic (exact) mass is 1240 g/mol. The summed E-state index contributed by atoms with van der Waals surface area (Å²) in [5.74, 6) is -0.247. The fourth-order valence-corrected chi connectivity index (χ4v) is 11.4. The average molecular weight is 1240 g/mol. The number of carbonyl (C=O) groups excluding carboxylic acids is 1. The maximum absolute atomic E-state index is 13.3. The molecule has 14 nitrogen and oxygen atoms in total. The zero-order valence-electron chi connectivity index (χ0n) is 55.4. The predicted molar refractivity (Wildman–Crippen MR) is 360 cm³/mol. The Morgan fingerprint density at radius 1 is 0.420 bits per heavy atom. The van der Waals surface area contributed by atoms with Crippen LogP contribution in [-0.2, 0) is 23.7 Å². The van der Waals surface area contributed by atoms with Crippen molar-refractivity contribution >= 4 is 5.91 Å². The number of ether oxygens (including phenoxy) is 4. The Hall–Kier alpha value is -2.83. The van der Waals surface area contributed by atoms with Crippen molar-refractivity contribution in [2.45, 2.75) is 357 Å². The number of rotatable bonds is 58. The molecule has 2 saturated heterocycles. The van der Waals surface area contributed by atoms with E-state index in [9.17, 15) is 45.6 Å². The summed E-state index contributed by atoms with van der Waals surface area (Å²) in [6.45, 7) is 2.69. The summed E-state index contributed by atoms with van der Waals surface area (Å²) in [6, 6.07) is -0.935. The van der Waals surface area contributed by atoms with Crippen LogP contribution in [0.2, 0.25) is 0 Å². The molecule has 2 aliphatic heterocycles. The van der Waals surface area contributed by atoms with E-state index in [-0.39, 0.29) is 18.9 Å². The molecule has 14 heteroatoms. The summed E-state index contributed by atoms with van der Waals surface area (Å²) in [6.07, 6.45) is 63.6. The van der Waals surface area contributed by atoms with Gasteiger partial charge in [0.25, 0.3) is 0 Å². The van der Waals surface area contributed by atoms with Gasteiger partial charge in [0.05, 0.1) is 32.0 Å². The van der Waals surface area contributed by atoms with Crippen LogP contribution < -0.4 is 5.32 Å². The molecule has 0 aromatic heterocycles. The Labute approximate surface area is 535 Å². The van der Waals surface area contributed by atoms with Crippen molar-refractivity contribution in [3.63, 3.8) is 0 Å². The molecule has 0 aromatic rings. The molecule has 12 unspecified atom stereocenters. The quantitative estimate of drug-likeness (QED) is 0.0204. The lowest BCUT2D eigenvalue weighted by atomic mass is 9.97. The Morgan fingerprint density at radius 2 is 0.795 bits per heavy atom. The van der Waals surface area contributed by atoms with Crippen molar-refractivity contribution in [2.24, 2.45) is 0 Å². The minimum absolute atomic E-state index is 0.247. The molecule has 2 heterocycles. The first-order chi connectivity index (χ1) is 43.1. The molecule has 0 saturated carbocycles. The van der Waals surface area contributed by atoms with Crippen molar-refractivity contribution in [1.82, 2.24) is 5.32 Å². The molecule has 510 valence electrons. The van der Waals surface area contributed by atoms with Gasteiger partial charge in [-0.15, -0.1) is 0 Å². The van der Waals surface area contributed by atoms with E-state index in [1.54, 1.807) is 6.08 Å². The lowest BCUT2D eigenvalue weighted by Gasteiger charge is -2.46. The number of allylic oxidation sites excluding steroid dienone is 13. The maximum atomic E-state index is 13.3. The highest BCUT2D eigenvalue weighted by Gasteiger charge is 2.51. The smallest absolute Gasteiger partial charge is 0.220 e. The molecule has 0 aromatic carbocycles. The third-order valence-electron chi connectivity index (χ3n) is 17.1. The summed E-state index contributed by atoms with van der Waals surface area (Å²) < 4.78 is 22.8. The first-order valence-corrected chi connectivity index (χ1v) is 35.8. The first kappa shape index (κ1) is 81.3. The van der Waals surface area contributed by atoms with Crippen LogP contribution in [0.4, 0.5) is 0 Å². The van der Waals surface area contributed by atoms with E-state index in [4.69, 9.17) is 18.9 Å². The van der Waals surface area contributed by atoms with Crippen LogP contribution in [0.5, 0.6) is 0 Å². The van der Waals surface area contributed by atoms with Crippen LogP contribution in [0.15, 0.2) is 85.1 Å². The topological polar surface area (TPSA) is 228 Å². The van der Waals surface area contributed by atoms with E-state index in [1.165, 1.54) is 186 Å². The standard InChI is InChI=1S/C74H131NO13/c1-3-5-7-9-11-13-15-17-19-21-23-24-25-26-27-28-29-30-31-32-33-34-35-36-37-38-40-42-44-46-48-50-52-54-56-58-66(79)75-62(63(78)57-55-53-51-49-47-45-43-41-39-22-20-18-16-14-12-10-8-6-4-2)61-85-73-71(84)69(82)72(65(60-77)87-73)88-74-70(83)68(81)67(80)64(59-76)86-74/h5,7,11,13,17,19,23-24,26-27,47,49,55,57,62-65,67-74,76-78,80-84H,3-4,6,8-10,12,14-16,18,20-22,25,28-46,48,50-54,56,58-61H2,1-2H3,(H,75,79)/b7-5-,13-11-,19-17-,24-23-,27-26-,49-47+,57-55+. The molecule has 0 aliphatic carbocycles. The van der Waals surface area contributed by atoms with Gasteiger partial charge in [-0.25, -0.2) is 0 Å². The second-order valence-corrected chi connectivity index (χ2v) is 25.0. The van der Waals surface area contributed by atoms with Crippen LogP contribution in [-0.4, -0.2) is 140 Å². The number of hydrogen-bond donors (Lipinski definition) is 9. The number of nitrogens with one attached hydrogen (secondary N) is 1. The van der Waals surface area contributed by atoms with Crippen LogP contribution >= 0.6 is 0 Å². The van der Waals surface area contributed by atoms with Crippen LogP contribution in [0.3, 0.4) is 0 Å². The summed E-state index contributed by atoms with van der Waals surface area (Å²) in [4.78, 5) is 13.3. The molecule has 12 atom stereocenters. The molecule has 0 radical (unpaired) electrons. The molecule has 2 fully saturated rings. The number of amides is 1. The van der Waals surface area contributed by atoms with Crippen LogP contribution in [0, 0.1) is 0 Å². The zero-order valence-corrected chi connectivity index (χ0v) is 55.4. The van der Waals surface area contributed by atoms with Gasteiger partial charge in [-0.05, 0) is 77.0 Å². The van der Waals surface area contributed by atoms with Crippen molar-refractivity contribution in [2.75, 3.05) is 19.8 Å². The van der Waals surface area contributed by atoms with Crippen molar-refractivity contribution in [3.05, 3.63) is 85.1 Å². The molecule has 1 amide bonds. The van der Waals surface area contributed by atoms with Gasteiger partial charge in [-0.3, -0.25) is 4.79 Å². The van der Waals surface area contributed by atoms with Gasteiger partial charge in [-0.1, -0.05) is 285 Å². The highest BCUT2D eigenvalue weighted by molar-refractivity contribution is 5.76. The molecule has 88 heavy (non-hydrogen) atoms. The van der Waals surface area contributed by atoms with E-state index in [2.05, 4.69) is 92.1 Å². The minimum atomic E-state index is -1.79. The second-order valence-electron chi connectivity index (χ2n) is 25.0. The SMILES string of the molecule is CC/C=C\C/C=C\C/C=C\C/C=C\C/C=C\CCCCCCCCCCCCCCCCCCCCCC(=O)NC(COC1OC(CO)C(OC2OC(CO)C(O)C(O)C2O)C(O)C1O)C(O)/C=C/CC/C=C/CCCCCCCCCCCCCCC. The molecular formula is C74H131NO13. The lowest BCUT2D eigenvalue weighted by molar-refractivity contribution is -0.359. The number of unbranched alkanes of at least 4 members (excludes halogenated alkanes) is 33. The van der Waals surface area contributed by atoms with Crippen molar-refractivity contribution < 1.29 is 64.6 Å². The molecule has 9 N–H and O–H groups in total. The van der Waals surface area contributed by atoms with Gasteiger partial charge in [0.15, 0.2) is 12.6 Å². The van der Waals surface area contributed by atoms with Gasteiger partial charge < -0.3 is 65.1 Å². The van der Waals surface area contributed by atoms with Gasteiger partial charge in [0, 0.05) is 6.42 Å². The van der Waals surface area contributed by atoms with Gasteiger partial charge >= 0.3 is 0 Å². The largest absolute Gasteiger partial charge is 0.394 e. The summed E-state index contributed by atoms with van der Waals surface area (Å²) in [7, 11) is 0. The van der Waals surface area contributed by atoms with Gasteiger partial charge in [0.1, 0.15) is 48.8 Å². The molecule has 2 rings (SSSR count). The molecule has 0 spiro atoms. The Balaban J connectivity index is 1.64. The number of carbonyl (C=O) groups is 1. The number of hydrogen-bond acceptors (Lipinski definition) is 13. The normalized spacial score (nSPS) is 23.7. The van der Waals surface area contributed by atoms with E-state index >= 15 is 0 Å². The fraction of sp³-hybridized carbons (Fsp3) is 0.797. The lowest BCUT2D eigenvalue weighted by Crippen LogP contribution is -2.65. The fourth-order valence-electron chi connectivity index (χ4n) is 11.4. The Kier molecular flexibility index (Phi) is 53.6. The number of aliphatic hydroxyl groups excluding tert-OH is 8. The minimum Gasteiger partial charge on any atom is -0.394 e. The highest BCUT2D eigenvalue weighted by atomic mass is 16.7. The van der Waals surface area contributed by atoms with Crippen molar-refractivity contribution in [3.8, 4) is 0 Å². The summed E-state index contributed by atoms with van der Waals surface area (Å²) >= 11 is 0. The molecule has 2 aliphatic rings. The van der Waals surface area contributed by atoms with E-state index in [0.29, 0.717) is 12.8 Å². The van der Waals surface area contributed by atoms with Gasteiger partial charge in [0.2, 0.25) is 5.91 Å². The summed E-state index contributed by atoms with van der Waals surface area (Å²) in [5, 5.41) is 87.4. The van der Waals surface area contributed by atoms with Crippen LogP contribution in [0.25, 0.3) is 0 Å². The molecule has 0 bridgehead atoms. The van der Waals surface area contributed by atoms with E-state index in [1.807, 2.05) is 6.08 Å². The third-order valence-corrected chi connectivity index (χ3v) is 17.1. The zero-order chi connectivity index (χ0) is 63.8. The average Bonchev–Trinajstić information content (AvgIpc) is 1.84. The molecular weight excluding hydrogens is 1110 g/mol. The van der Waals surface area contributed by atoms with Crippen LogP contribution in [0.1, 0.15) is 284 Å². The predicted octanol–water partition coefficient (Wildman–Crippen LogP) is 14.8.